The summed E-state index contributed by atoms with van der Waals surface area (Å²) in [6.45, 7) is 9.08. The summed E-state index contributed by atoms with van der Waals surface area (Å²) in [5.74, 6) is -0.0700. The molecule has 0 saturated carbocycles. The minimum atomic E-state index is -0.450. The fraction of sp³-hybridized carbons (Fsp3) is 0.385. The van der Waals surface area contributed by atoms with E-state index in [2.05, 4.69) is 19.1 Å². The van der Waals surface area contributed by atoms with Crippen LogP contribution >= 0.6 is 0 Å². The van der Waals surface area contributed by atoms with Crippen molar-refractivity contribution in [3.63, 3.8) is 0 Å². The molecule has 4 rings (SSSR count). The molecule has 3 aromatic rings. The van der Waals surface area contributed by atoms with Crippen molar-refractivity contribution in [2.75, 3.05) is 13.2 Å². The molecule has 0 aliphatic carbocycles. The molecule has 1 atom stereocenters. The first-order chi connectivity index (χ1) is 14.9. The molecule has 2 aromatic carbocycles. The third-order valence-electron chi connectivity index (χ3n) is 5.82. The molecule has 1 unspecified atom stereocenters. The average molecular weight is 420 g/mol. The van der Waals surface area contributed by atoms with Gasteiger partial charge in [-0.3, -0.25) is 9.59 Å². The Labute approximate surface area is 182 Å². The largest absolute Gasteiger partial charge is 0.450 e. The fourth-order valence-corrected chi connectivity index (χ4v) is 4.20. The van der Waals surface area contributed by atoms with Gasteiger partial charge in [0.25, 0.3) is 5.91 Å². The molecule has 1 amide bonds. The summed E-state index contributed by atoms with van der Waals surface area (Å²) in [6, 6.07) is 13.2. The Morgan fingerprint density at radius 2 is 1.84 bits per heavy atom. The molecule has 0 N–H and O–H groups in total. The van der Waals surface area contributed by atoms with E-state index < -0.39 is 6.04 Å². The normalized spacial score (nSPS) is 15.8. The quantitative estimate of drug-likeness (QED) is 0.504. The van der Waals surface area contributed by atoms with Gasteiger partial charge in [0, 0.05) is 13.2 Å². The third kappa shape index (κ3) is 4.02. The Hall–Kier alpha value is -2.92. The molecular weight excluding hydrogens is 390 g/mol. The van der Waals surface area contributed by atoms with Crippen molar-refractivity contribution in [3.05, 3.63) is 80.7 Å². The highest BCUT2D eigenvalue weighted by Crippen LogP contribution is 2.38. The van der Waals surface area contributed by atoms with E-state index >= 15 is 0 Å². The number of hydrogen-bond acceptors (Lipinski definition) is 4. The molecule has 1 aliphatic heterocycles. The highest BCUT2D eigenvalue weighted by molar-refractivity contribution is 5.99. The Kier molecular flexibility index (Phi) is 5.96. The number of carbonyl (C=O) groups is 1. The van der Waals surface area contributed by atoms with Crippen LogP contribution < -0.4 is 5.43 Å². The van der Waals surface area contributed by atoms with Gasteiger partial charge in [-0.2, -0.15) is 0 Å². The van der Waals surface area contributed by atoms with Gasteiger partial charge < -0.3 is 14.1 Å². The van der Waals surface area contributed by atoms with Gasteiger partial charge in [0.05, 0.1) is 23.1 Å². The first-order valence-corrected chi connectivity index (χ1v) is 11.0. The van der Waals surface area contributed by atoms with E-state index in [0.717, 1.165) is 17.5 Å². The maximum atomic E-state index is 13.5. The van der Waals surface area contributed by atoms with Crippen LogP contribution in [0.25, 0.3) is 11.0 Å². The van der Waals surface area contributed by atoms with Crippen LogP contribution in [0.4, 0.5) is 0 Å². The van der Waals surface area contributed by atoms with Gasteiger partial charge in [-0.25, -0.2) is 0 Å². The molecule has 0 radical (unpaired) electrons. The van der Waals surface area contributed by atoms with Crippen molar-refractivity contribution < 1.29 is 13.9 Å². The van der Waals surface area contributed by atoms with Crippen LogP contribution in [0, 0.1) is 6.92 Å². The number of fused-ring (bicyclic) bond motifs is 2. The number of aryl methyl sites for hydroxylation is 2. The first kappa shape index (κ1) is 21.3. The molecular formula is C26H29NO4. The summed E-state index contributed by atoms with van der Waals surface area (Å²) in [5, 5.41) is 0.520. The zero-order chi connectivity index (χ0) is 22.1. The number of nitrogens with zero attached hydrogens (tertiary/aromatic N) is 1. The summed E-state index contributed by atoms with van der Waals surface area (Å²) in [4.78, 5) is 28.6. The Morgan fingerprint density at radius 3 is 2.52 bits per heavy atom. The SMILES string of the molecule is CCc1ccc(C2c3c(oc4ccc(C)cc4c3=O)C(=O)N2CCCOC(C)C)cc1. The fourth-order valence-electron chi connectivity index (χ4n) is 4.20. The molecule has 31 heavy (non-hydrogen) atoms. The van der Waals surface area contributed by atoms with E-state index in [1.165, 1.54) is 5.56 Å². The van der Waals surface area contributed by atoms with E-state index in [0.29, 0.717) is 36.1 Å². The molecule has 0 fully saturated rings. The second-order valence-corrected chi connectivity index (χ2v) is 8.44. The number of rotatable bonds is 7. The van der Waals surface area contributed by atoms with Crippen LogP contribution in [0.3, 0.4) is 0 Å². The minimum absolute atomic E-state index is 0.126. The van der Waals surface area contributed by atoms with Crippen LogP contribution in [-0.2, 0) is 11.2 Å². The van der Waals surface area contributed by atoms with Gasteiger partial charge in [-0.1, -0.05) is 42.8 Å². The molecule has 5 heteroatoms. The third-order valence-corrected chi connectivity index (χ3v) is 5.82. The standard InChI is InChI=1S/C26H29NO4/c1-5-18-8-10-19(11-9-18)23-22-24(28)20-15-17(4)7-12-21(20)31-25(22)26(29)27(23)13-6-14-30-16(2)3/h7-12,15-16,23H,5-6,13-14H2,1-4H3. The van der Waals surface area contributed by atoms with Crippen molar-refractivity contribution in [1.82, 2.24) is 4.90 Å². The molecule has 0 bridgehead atoms. The van der Waals surface area contributed by atoms with Crippen molar-refractivity contribution in [1.29, 1.82) is 0 Å². The monoisotopic (exact) mass is 419 g/mol. The van der Waals surface area contributed by atoms with Gasteiger partial charge in [0.1, 0.15) is 5.58 Å². The smallest absolute Gasteiger partial charge is 0.290 e. The maximum Gasteiger partial charge on any atom is 0.290 e. The lowest BCUT2D eigenvalue weighted by atomic mass is 9.97. The average Bonchev–Trinajstić information content (AvgIpc) is 3.04. The van der Waals surface area contributed by atoms with Crippen molar-refractivity contribution in [2.24, 2.45) is 0 Å². The lowest BCUT2D eigenvalue weighted by molar-refractivity contribution is 0.0593. The molecule has 0 spiro atoms. The maximum absolute atomic E-state index is 13.5. The van der Waals surface area contributed by atoms with Crippen LogP contribution in [0.15, 0.2) is 51.7 Å². The van der Waals surface area contributed by atoms with E-state index in [-0.39, 0.29) is 23.2 Å². The van der Waals surface area contributed by atoms with E-state index in [1.807, 2.05) is 45.0 Å². The van der Waals surface area contributed by atoms with Gasteiger partial charge >= 0.3 is 0 Å². The zero-order valence-corrected chi connectivity index (χ0v) is 18.6. The lowest BCUT2D eigenvalue weighted by Crippen LogP contribution is -2.31. The Morgan fingerprint density at radius 1 is 1.10 bits per heavy atom. The van der Waals surface area contributed by atoms with Gasteiger partial charge in [-0.15, -0.1) is 0 Å². The number of amides is 1. The van der Waals surface area contributed by atoms with Crippen LogP contribution in [0.1, 0.15) is 66.0 Å². The van der Waals surface area contributed by atoms with E-state index in [9.17, 15) is 9.59 Å². The second kappa shape index (κ2) is 8.67. The van der Waals surface area contributed by atoms with Gasteiger partial charge in [0.15, 0.2) is 5.43 Å². The molecule has 1 aromatic heterocycles. The van der Waals surface area contributed by atoms with Gasteiger partial charge in [0.2, 0.25) is 5.76 Å². The predicted octanol–water partition coefficient (Wildman–Crippen LogP) is 5.02. The van der Waals surface area contributed by atoms with Gasteiger partial charge in [-0.05, 0) is 56.9 Å². The Balaban J connectivity index is 1.81. The topological polar surface area (TPSA) is 59.8 Å². The van der Waals surface area contributed by atoms with Crippen molar-refractivity contribution in [2.45, 2.75) is 52.7 Å². The molecule has 2 heterocycles. The van der Waals surface area contributed by atoms with Crippen molar-refractivity contribution in [3.8, 4) is 0 Å². The number of benzene rings is 2. The summed E-state index contributed by atoms with van der Waals surface area (Å²) in [6.07, 6.45) is 1.76. The molecule has 1 aliphatic rings. The number of carbonyl (C=O) groups excluding carboxylic acids is 1. The second-order valence-electron chi connectivity index (χ2n) is 8.44. The van der Waals surface area contributed by atoms with Crippen molar-refractivity contribution >= 4 is 16.9 Å². The van der Waals surface area contributed by atoms with Crippen LogP contribution in [0.5, 0.6) is 0 Å². The molecule has 0 saturated heterocycles. The van der Waals surface area contributed by atoms with Crippen LogP contribution in [-0.4, -0.2) is 30.1 Å². The summed E-state index contributed by atoms with van der Waals surface area (Å²) >= 11 is 0. The van der Waals surface area contributed by atoms with Crippen LogP contribution in [0.2, 0.25) is 0 Å². The highest BCUT2D eigenvalue weighted by Gasteiger charge is 2.42. The Bertz CT molecular complexity index is 1160. The zero-order valence-electron chi connectivity index (χ0n) is 18.6. The number of hydrogen-bond donors (Lipinski definition) is 0. The highest BCUT2D eigenvalue weighted by atomic mass is 16.5. The minimum Gasteiger partial charge on any atom is -0.450 e. The number of ether oxygens (including phenoxy) is 1. The predicted molar refractivity (Wildman–Crippen MR) is 122 cm³/mol. The first-order valence-electron chi connectivity index (χ1n) is 11.0. The van der Waals surface area contributed by atoms with E-state index in [4.69, 9.17) is 9.15 Å². The summed E-state index contributed by atoms with van der Waals surface area (Å²) in [7, 11) is 0. The van der Waals surface area contributed by atoms with E-state index in [1.54, 1.807) is 11.0 Å². The molecule has 5 nitrogen and oxygen atoms in total. The molecule has 162 valence electrons. The lowest BCUT2D eigenvalue weighted by Gasteiger charge is -2.25. The summed E-state index contributed by atoms with van der Waals surface area (Å²) in [5.41, 5.74) is 3.89. The summed E-state index contributed by atoms with van der Waals surface area (Å²) < 4.78 is 11.7.